The number of nitrogens with zero attached hydrogens (tertiary/aromatic N) is 1. The van der Waals surface area contributed by atoms with Crippen molar-refractivity contribution in [2.45, 2.75) is 18.9 Å². The van der Waals surface area contributed by atoms with Crippen LogP contribution < -0.4 is 16.4 Å². The van der Waals surface area contributed by atoms with Gasteiger partial charge in [0.05, 0.1) is 24.1 Å². The summed E-state index contributed by atoms with van der Waals surface area (Å²) in [5.41, 5.74) is 15.0. The van der Waals surface area contributed by atoms with Crippen LogP contribution in [0.1, 0.15) is 12.0 Å². The van der Waals surface area contributed by atoms with Crippen LogP contribution in [0.5, 0.6) is 0 Å². The van der Waals surface area contributed by atoms with E-state index in [-0.39, 0.29) is 6.61 Å². The van der Waals surface area contributed by atoms with Crippen LogP contribution in [-0.2, 0) is 6.42 Å². The van der Waals surface area contributed by atoms with Gasteiger partial charge in [0.1, 0.15) is 0 Å². The standard InChI is InChI=1S/C12H21N3O2/c1-15(2)12-9(4-3-8(17)7-16)10(13)5-6-11(12)14/h5-6,8,16-17H,3-4,7,13-14H2,1-2H3. The second-order valence-electron chi connectivity index (χ2n) is 4.34. The van der Waals surface area contributed by atoms with E-state index >= 15 is 0 Å². The van der Waals surface area contributed by atoms with Gasteiger partial charge in [0.15, 0.2) is 0 Å². The highest BCUT2D eigenvalue weighted by molar-refractivity contribution is 5.77. The lowest BCUT2D eigenvalue weighted by Gasteiger charge is -2.22. The van der Waals surface area contributed by atoms with Crippen molar-refractivity contribution in [2.75, 3.05) is 37.1 Å². The lowest BCUT2D eigenvalue weighted by molar-refractivity contribution is 0.0886. The zero-order valence-corrected chi connectivity index (χ0v) is 10.3. The maximum absolute atomic E-state index is 9.37. The molecule has 0 aromatic heterocycles. The molecule has 1 rings (SSSR count). The van der Waals surface area contributed by atoms with Gasteiger partial charge >= 0.3 is 0 Å². The summed E-state index contributed by atoms with van der Waals surface area (Å²) in [6.07, 6.45) is 0.336. The number of rotatable bonds is 5. The maximum Gasteiger partial charge on any atom is 0.0774 e. The van der Waals surface area contributed by atoms with E-state index in [2.05, 4.69) is 0 Å². The van der Waals surface area contributed by atoms with Crippen molar-refractivity contribution < 1.29 is 10.2 Å². The molecule has 96 valence electrons. The van der Waals surface area contributed by atoms with Crippen LogP contribution in [-0.4, -0.2) is 37.0 Å². The van der Waals surface area contributed by atoms with Crippen molar-refractivity contribution in [3.05, 3.63) is 17.7 Å². The molecular weight excluding hydrogens is 218 g/mol. The third kappa shape index (κ3) is 3.25. The molecule has 0 aliphatic heterocycles. The second kappa shape index (κ2) is 5.75. The van der Waals surface area contributed by atoms with E-state index in [9.17, 15) is 5.11 Å². The average Bonchev–Trinajstić information content (AvgIpc) is 2.28. The van der Waals surface area contributed by atoms with Crippen LogP contribution in [0.2, 0.25) is 0 Å². The Morgan fingerprint density at radius 1 is 1.24 bits per heavy atom. The van der Waals surface area contributed by atoms with Crippen LogP contribution in [0.15, 0.2) is 12.1 Å². The van der Waals surface area contributed by atoms with Crippen molar-refractivity contribution in [1.29, 1.82) is 0 Å². The molecule has 0 aliphatic carbocycles. The Morgan fingerprint density at radius 3 is 2.35 bits per heavy atom. The van der Waals surface area contributed by atoms with Gasteiger partial charge in [-0.3, -0.25) is 0 Å². The SMILES string of the molecule is CN(C)c1c(N)ccc(N)c1CCC(O)CO. The van der Waals surface area contributed by atoms with Gasteiger partial charge in [-0.25, -0.2) is 0 Å². The molecule has 5 nitrogen and oxygen atoms in total. The van der Waals surface area contributed by atoms with Gasteiger partial charge in [0.25, 0.3) is 0 Å². The van der Waals surface area contributed by atoms with Gasteiger partial charge in [0, 0.05) is 25.3 Å². The third-order valence-corrected chi connectivity index (χ3v) is 2.74. The summed E-state index contributed by atoms with van der Waals surface area (Å²) in [7, 11) is 3.80. The number of hydrogen-bond donors (Lipinski definition) is 4. The van der Waals surface area contributed by atoms with Gasteiger partial charge < -0.3 is 26.6 Å². The number of nitrogen functional groups attached to an aromatic ring is 2. The molecule has 0 fully saturated rings. The topological polar surface area (TPSA) is 95.7 Å². The molecule has 0 amide bonds. The fourth-order valence-corrected chi connectivity index (χ4v) is 1.86. The van der Waals surface area contributed by atoms with Crippen molar-refractivity contribution in [3.63, 3.8) is 0 Å². The Balaban J connectivity index is 2.99. The number of hydrogen-bond acceptors (Lipinski definition) is 5. The quantitative estimate of drug-likeness (QED) is 0.551. The molecular formula is C12H21N3O2. The predicted octanol–water partition coefficient (Wildman–Crippen LogP) is 0.203. The van der Waals surface area contributed by atoms with Gasteiger partial charge in [-0.15, -0.1) is 0 Å². The monoisotopic (exact) mass is 239 g/mol. The van der Waals surface area contributed by atoms with Crippen LogP contribution in [0, 0.1) is 0 Å². The van der Waals surface area contributed by atoms with Crippen LogP contribution in [0.3, 0.4) is 0 Å². The Labute approximate surface area is 102 Å². The van der Waals surface area contributed by atoms with Gasteiger partial charge in [0.2, 0.25) is 0 Å². The molecule has 0 heterocycles. The zero-order chi connectivity index (χ0) is 13.0. The summed E-state index contributed by atoms with van der Waals surface area (Å²) in [5, 5.41) is 18.2. The van der Waals surface area contributed by atoms with Crippen LogP contribution in [0.25, 0.3) is 0 Å². The van der Waals surface area contributed by atoms with Crippen molar-refractivity contribution in [3.8, 4) is 0 Å². The molecule has 0 bridgehead atoms. The first kappa shape index (κ1) is 13.6. The smallest absolute Gasteiger partial charge is 0.0774 e. The Bertz CT molecular complexity index is 380. The Morgan fingerprint density at radius 2 is 1.82 bits per heavy atom. The highest BCUT2D eigenvalue weighted by atomic mass is 16.3. The summed E-state index contributed by atoms with van der Waals surface area (Å²) in [6.45, 7) is -0.237. The van der Waals surface area contributed by atoms with Crippen molar-refractivity contribution in [1.82, 2.24) is 0 Å². The fraction of sp³-hybridized carbons (Fsp3) is 0.500. The number of nitrogens with two attached hydrogens (primary N) is 2. The van der Waals surface area contributed by atoms with E-state index in [0.29, 0.717) is 24.2 Å². The highest BCUT2D eigenvalue weighted by Crippen LogP contribution is 2.32. The minimum Gasteiger partial charge on any atom is -0.398 e. The normalized spacial score (nSPS) is 12.5. The highest BCUT2D eigenvalue weighted by Gasteiger charge is 2.13. The van der Waals surface area contributed by atoms with Crippen LogP contribution >= 0.6 is 0 Å². The summed E-state index contributed by atoms with van der Waals surface area (Å²) in [4.78, 5) is 1.91. The Hall–Kier alpha value is -1.46. The molecule has 0 spiro atoms. The number of aliphatic hydroxyl groups is 2. The molecule has 1 unspecified atom stereocenters. The zero-order valence-electron chi connectivity index (χ0n) is 10.3. The number of aliphatic hydroxyl groups excluding tert-OH is 2. The first-order chi connectivity index (χ1) is 7.97. The maximum atomic E-state index is 9.37. The summed E-state index contributed by atoms with van der Waals surface area (Å²) in [6, 6.07) is 3.54. The van der Waals surface area contributed by atoms with Crippen LogP contribution in [0.4, 0.5) is 17.1 Å². The molecule has 0 saturated heterocycles. The third-order valence-electron chi connectivity index (χ3n) is 2.74. The van der Waals surface area contributed by atoms with E-state index < -0.39 is 6.10 Å². The number of anilines is 3. The second-order valence-corrected chi connectivity index (χ2v) is 4.34. The fourth-order valence-electron chi connectivity index (χ4n) is 1.86. The summed E-state index contributed by atoms with van der Waals surface area (Å²) in [5.74, 6) is 0. The predicted molar refractivity (Wildman–Crippen MR) is 71.0 cm³/mol. The van der Waals surface area contributed by atoms with Crippen molar-refractivity contribution in [2.24, 2.45) is 0 Å². The van der Waals surface area contributed by atoms with Crippen molar-refractivity contribution >= 4 is 17.1 Å². The molecule has 1 atom stereocenters. The van der Waals surface area contributed by atoms with E-state index in [1.807, 2.05) is 19.0 Å². The molecule has 17 heavy (non-hydrogen) atoms. The lowest BCUT2D eigenvalue weighted by atomic mass is 10.0. The minimum absolute atomic E-state index is 0.237. The van der Waals surface area contributed by atoms with Gasteiger partial charge in [-0.1, -0.05) is 0 Å². The van der Waals surface area contributed by atoms with E-state index in [4.69, 9.17) is 16.6 Å². The largest absolute Gasteiger partial charge is 0.398 e. The molecule has 5 heteroatoms. The minimum atomic E-state index is -0.717. The molecule has 6 N–H and O–H groups in total. The van der Waals surface area contributed by atoms with Gasteiger partial charge in [-0.05, 0) is 25.0 Å². The van der Waals surface area contributed by atoms with E-state index in [0.717, 1.165) is 11.3 Å². The summed E-state index contributed by atoms with van der Waals surface area (Å²) < 4.78 is 0. The number of benzene rings is 1. The Kier molecular flexibility index (Phi) is 4.60. The molecule has 0 saturated carbocycles. The first-order valence-electron chi connectivity index (χ1n) is 5.60. The lowest BCUT2D eigenvalue weighted by Crippen LogP contribution is -2.17. The molecule has 1 aromatic rings. The van der Waals surface area contributed by atoms with Gasteiger partial charge in [-0.2, -0.15) is 0 Å². The molecule has 0 aliphatic rings. The first-order valence-corrected chi connectivity index (χ1v) is 5.60. The molecule has 1 aromatic carbocycles. The average molecular weight is 239 g/mol. The summed E-state index contributed by atoms with van der Waals surface area (Å²) >= 11 is 0. The molecule has 0 radical (unpaired) electrons. The van der Waals surface area contributed by atoms with E-state index in [1.54, 1.807) is 12.1 Å². The van der Waals surface area contributed by atoms with E-state index in [1.165, 1.54) is 0 Å².